The van der Waals surface area contributed by atoms with E-state index in [0.717, 1.165) is 17.5 Å². The summed E-state index contributed by atoms with van der Waals surface area (Å²) in [5.74, 6) is -0.0148. The predicted molar refractivity (Wildman–Crippen MR) is 146 cm³/mol. The number of benzene rings is 2. The van der Waals surface area contributed by atoms with Crippen LogP contribution in [0.25, 0.3) is 0 Å². The Bertz CT molecular complexity index is 1360. The maximum absolute atomic E-state index is 13.7. The highest BCUT2D eigenvalue weighted by Gasteiger charge is 2.24. The molecule has 0 aliphatic carbocycles. The predicted octanol–water partition coefficient (Wildman–Crippen LogP) is 3.25. The molecule has 3 rings (SSSR count). The van der Waals surface area contributed by atoms with Crippen LogP contribution in [0.3, 0.4) is 0 Å². The first-order valence-electron chi connectivity index (χ1n) is 11.9. The van der Waals surface area contributed by atoms with Gasteiger partial charge < -0.3 is 14.4 Å². The largest absolute Gasteiger partial charge is 0.496 e. The Morgan fingerprint density at radius 1 is 1.05 bits per heavy atom. The van der Waals surface area contributed by atoms with Crippen LogP contribution < -0.4 is 18.9 Å². The fraction of sp³-hybridized carbons (Fsp3) is 0.346. The lowest BCUT2D eigenvalue weighted by molar-refractivity contribution is 0.0740. The molecule has 2 amide bonds. The molecular formula is C26H32N4O6S2. The Balaban J connectivity index is 1.88. The first-order valence-corrected chi connectivity index (χ1v) is 14.2. The molecule has 1 heterocycles. The second-order valence-electron chi connectivity index (χ2n) is 8.47. The van der Waals surface area contributed by atoms with Gasteiger partial charge in [-0.2, -0.15) is 8.42 Å². The van der Waals surface area contributed by atoms with E-state index >= 15 is 0 Å². The Morgan fingerprint density at radius 3 is 2.26 bits per heavy atom. The molecule has 0 radical (unpaired) electrons. The molecule has 0 spiro atoms. The van der Waals surface area contributed by atoms with E-state index < -0.39 is 16.1 Å². The molecule has 0 unspecified atom stereocenters. The van der Waals surface area contributed by atoms with Gasteiger partial charge in [-0.15, -0.1) is 11.3 Å². The summed E-state index contributed by atoms with van der Waals surface area (Å²) in [6.45, 7) is 4.10. The van der Waals surface area contributed by atoms with Gasteiger partial charge in [0.2, 0.25) is 0 Å². The van der Waals surface area contributed by atoms with Crippen LogP contribution in [0, 0.1) is 13.8 Å². The number of aryl methyl sites for hydroxylation is 2. The molecule has 10 nitrogen and oxygen atoms in total. The lowest BCUT2D eigenvalue weighted by atomic mass is 10.1. The molecule has 2 aromatic carbocycles. The van der Waals surface area contributed by atoms with E-state index in [-0.39, 0.29) is 18.1 Å². The minimum atomic E-state index is -3.98. The summed E-state index contributed by atoms with van der Waals surface area (Å²) in [7, 11) is 0.291. The quantitative estimate of drug-likeness (QED) is 0.348. The summed E-state index contributed by atoms with van der Waals surface area (Å²) < 4.78 is 38.4. The second-order valence-corrected chi connectivity index (χ2v) is 11.4. The van der Waals surface area contributed by atoms with Crippen LogP contribution in [0.5, 0.6) is 11.5 Å². The summed E-state index contributed by atoms with van der Waals surface area (Å²) in [5, 5.41) is 0.508. The van der Waals surface area contributed by atoms with Crippen molar-refractivity contribution in [3.8, 4) is 11.5 Å². The third-order valence-corrected chi connectivity index (χ3v) is 7.85. The molecule has 38 heavy (non-hydrogen) atoms. The van der Waals surface area contributed by atoms with Gasteiger partial charge in [0, 0.05) is 29.6 Å². The van der Waals surface area contributed by atoms with Crippen LogP contribution in [0.1, 0.15) is 48.3 Å². The van der Waals surface area contributed by atoms with Crippen LogP contribution >= 0.6 is 11.3 Å². The number of ether oxygens (including phenoxy) is 2. The van der Waals surface area contributed by atoms with E-state index in [1.165, 1.54) is 32.6 Å². The van der Waals surface area contributed by atoms with Gasteiger partial charge in [0.15, 0.2) is 0 Å². The zero-order valence-corrected chi connectivity index (χ0v) is 23.7. The topological polar surface area (TPSA) is 127 Å². The fourth-order valence-electron chi connectivity index (χ4n) is 3.88. The van der Waals surface area contributed by atoms with Crippen LogP contribution in [0.15, 0.2) is 42.5 Å². The number of nitrogens with one attached hydrogen (secondary N) is 2. The van der Waals surface area contributed by atoms with Gasteiger partial charge >= 0.3 is 10.2 Å². The molecule has 2 N–H and O–H groups in total. The number of hydrogen-bond donors (Lipinski definition) is 2. The van der Waals surface area contributed by atoms with E-state index in [1.807, 2.05) is 46.7 Å². The van der Waals surface area contributed by atoms with Crippen LogP contribution in [-0.2, 0) is 23.2 Å². The monoisotopic (exact) mass is 560 g/mol. The number of nitrogens with zero attached hydrogens (tertiary/aromatic N) is 2. The van der Waals surface area contributed by atoms with E-state index in [2.05, 4.69) is 4.98 Å². The zero-order chi connectivity index (χ0) is 27.9. The molecule has 1 aromatic heterocycles. The van der Waals surface area contributed by atoms with Crippen molar-refractivity contribution in [3.63, 3.8) is 0 Å². The number of rotatable bonds is 12. The highest BCUT2D eigenvalue weighted by molar-refractivity contribution is 7.88. The number of thiazole rings is 1. The smallest absolute Gasteiger partial charge is 0.301 e. The van der Waals surface area contributed by atoms with Crippen molar-refractivity contribution >= 4 is 33.4 Å². The summed E-state index contributed by atoms with van der Waals surface area (Å²) in [6.07, 6.45) is 1.48. The van der Waals surface area contributed by atoms with Crippen molar-refractivity contribution in [2.45, 2.75) is 33.2 Å². The third kappa shape index (κ3) is 7.30. The number of aromatic nitrogens is 1. The summed E-state index contributed by atoms with van der Waals surface area (Å²) in [5.41, 5.74) is 2.34. The lowest BCUT2D eigenvalue weighted by Gasteiger charge is -2.23. The standard InChI is InChI=1S/C26H32N4O6S2/c1-17-21(35-4)14-20(15-22(17)36-5)26(32)30(13-9-12-19-10-7-6-8-11-19)16-23-28-24(18(2)37-23)25(31)29-38(33,34)27-3/h6-8,10-11,14-15,27H,9,12-13,16H2,1-5H3,(H,29,31). The van der Waals surface area contributed by atoms with Gasteiger partial charge in [0.05, 0.1) is 20.8 Å². The minimum Gasteiger partial charge on any atom is -0.496 e. The molecule has 0 bridgehead atoms. The Kier molecular flexibility index (Phi) is 9.84. The highest BCUT2D eigenvalue weighted by Crippen LogP contribution is 2.30. The van der Waals surface area contributed by atoms with E-state index in [4.69, 9.17) is 9.47 Å². The maximum atomic E-state index is 13.7. The Morgan fingerprint density at radius 2 is 1.68 bits per heavy atom. The molecule has 0 aliphatic heterocycles. The van der Waals surface area contributed by atoms with E-state index in [9.17, 15) is 18.0 Å². The molecule has 0 atom stereocenters. The maximum Gasteiger partial charge on any atom is 0.301 e. The molecule has 3 aromatic rings. The molecule has 12 heteroatoms. The van der Waals surface area contributed by atoms with Crippen molar-refractivity contribution in [2.75, 3.05) is 27.8 Å². The van der Waals surface area contributed by atoms with Gasteiger partial charge in [-0.05, 0) is 44.4 Å². The number of carbonyl (C=O) groups is 2. The van der Waals surface area contributed by atoms with E-state index in [0.29, 0.717) is 39.9 Å². The van der Waals surface area contributed by atoms with Crippen molar-refractivity contribution in [3.05, 3.63) is 74.7 Å². The number of methoxy groups -OCH3 is 2. The van der Waals surface area contributed by atoms with Gasteiger partial charge in [-0.1, -0.05) is 30.3 Å². The fourth-order valence-corrected chi connectivity index (χ4v) is 5.27. The lowest BCUT2D eigenvalue weighted by Crippen LogP contribution is -2.38. The molecular weight excluding hydrogens is 528 g/mol. The summed E-state index contributed by atoms with van der Waals surface area (Å²) in [6, 6.07) is 13.3. The number of carbonyl (C=O) groups excluding carboxylic acids is 2. The van der Waals surface area contributed by atoms with Crippen molar-refractivity contribution in [2.24, 2.45) is 0 Å². The molecule has 0 saturated heterocycles. The SMILES string of the molecule is CNS(=O)(=O)NC(=O)c1nc(CN(CCCc2ccccc2)C(=O)c2cc(OC)c(C)c(OC)c2)sc1C. The van der Waals surface area contributed by atoms with Crippen LogP contribution in [0.2, 0.25) is 0 Å². The van der Waals surface area contributed by atoms with Crippen molar-refractivity contribution in [1.82, 2.24) is 19.3 Å². The Hall–Kier alpha value is -3.48. The van der Waals surface area contributed by atoms with E-state index in [1.54, 1.807) is 24.0 Å². The van der Waals surface area contributed by atoms with Crippen molar-refractivity contribution in [1.29, 1.82) is 0 Å². The highest BCUT2D eigenvalue weighted by atomic mass is 32.2. The molecule has 0 saturated carbocycles. The summed E-state index contributed by atoms with van der Waals surface area (Å²) >= 11 is 1.23. The summed E-state index contributed by atoms with van der Waals surface area (Å²) in [4.78, 5) is 32.8. The second kappa shape index (κ2) is 12.9. The van der Waals surface area contributed by atoms with Gasteiger partial charge in [-0.3, -0.25) is 9.59 Å². The minimum absolute atomic E-state index is 0.000756. The zero-order valence-electron chi connectivity index (χ0n) is 22.0. The number of amides is 2. The number of hydrogen-bond acceptors (Lipinski definition) is 8. The van der Waals surface area contributed by atoms with Gasteiger partial charge in [0.1, 0.15) is 22.2 Å². The van der Waals surface area contributed by atoms with Crippen LogP contribution in [0.4, 0.5) is 0 Å². The van der Waals surface area contributed by atoms with Crippen molar-refractivity contribution < 1.29 is 27.5 Å². The average molecular weight is 561 g/mol. The Labute approximate surface area is 227 Å². The molecule has 0 aliphatic rings. The third-order valence-electron chi connectivity index (χ3n) is 5.90. The molecule has 0 fully saturated rings. The van der Waals surface area contributed by atoms with Gasteiger partial charge in [-0.25, -0.2) is 14.4 Å². The van der Waals surface area contributed by atoms with Gasteiger partial charge in [0.25, 0.3) is 11.8 Å². The van der Waals surface area contributed by atoms with Crippen LogP contribution in [-0.4, -0.2) is 57.9 Å². The first kappa shape index (κ1) is 29.1. The first-order chi connectivity index (χ1) is 18.1. The normalized spacial score (nSPS) is 11.2. The molecule has 204 valence electrons. The average Bonchev–Trinajstić information content (AvgIpc) is 3.28.